The molecule has 4 heterocycles. The molecule has 3 aromatic heterocycles. The van der Waals surface area contributed by atoms with Crippen molar-refractivity contribution in [2.24, 2.45) is 5.41 Å². The van der Waals surface area contributed by atoms with E-state index in [1.807, 2.05) is 75.5 Å². The zero-order chi connectivity index (χ0) is 27.7. The highest BCUT2D eigenvalue weighted by atomic mass is 32.1. The molecule has 0 spiro atoms. The van der Waals surface area contributed by atoms with Crippen LogP contribution in [0.15, 0.2) is 79.3 Å². The van der Waals surface area contributed by atoms with Crippen molar-refractivity contribution in [3.05, 3.63) is 96.3 Å². The van der Waals surface area contributed by atoms with E-state index < -0.39 is 5.41 Å². The van der Waals surface area contributed by atoms with Crippen molar-refractivity contribution >= 4 is 34.6 Å². The van der Waals surface area contributed by atoms with E-state index in [0.717, 1.165) is 28.5 Å². The molecular weight excluding hydrogens is 508 g/mol. The number of amides is 1. The molecule has 1 saturated heterocycles. The fourth-order valence-electron chi connectivity index (χ4n) is 4.80. The van der Waals surface area contributed by atoms with Gasteiger partial charge in [-0.05, 0) is 67.7 Å². The molecule has 9 heteroatoms. The van der Waals surface area contributed by atoms with Crippen molar-refractivity contribution in [3.63, 3.8) is 0 Å². The van der Waals surface area contributed by atoms with Crippen LogP contribution >= 0.6 is 12.2 Å². The van der Waals surface area contributed by atoms with Crippen molar-refractivity contribution in [3.8, 4) is 11.4 Å². The predicted octanol–water partition coefficient (Wildman–Crippen LogP) is 5.75. The Hall–Kier alpha value is -4.24. The number of methoxy groups -OCH3 is 1. The van der Waals surface area contributed by atoms with Crippen LogP contribution < -0.4 is 20.3 Å². The Bertz CT molecular complexity index is 1500. The lowest BCUT2D eigenvalue weighted by atomic mass is 9.95. The molecule has 1 aromatic carbocycles. The van der Waals surface area contributed by atoms with Crippen molar-refractivity contribution in [2.75, 3.05) is 17.3 Å². The van der Waals surface area contributed by atoms with E-state index in [2.05, 4.69) is 49.1 Å². The number of nitrogens with zero attached hydrogens (tertiary/aromatic N) is 4. The van der Waals surface area contributed by atoms with Crippen molar-refractivity contribution in [2.45, 2.75) is 39.8 Å². The summed E-state index contributed by atoms with van der Waals surface area (Å²) < 4.78 is 7.91. The van der Waals surface area contributed by atoms with Gasteiger partial charge in [0.1, 0.15) is 11.8 Å². The highest BCUT2D eigenvalue weighted by molar-refractivity contribution is 7.80. The van der Waals surface area contributed by atoms with E-state index >= 15 is 0 Å². The summed E-state index contributed by atoms with van der Waals surface area (Å²) >= 11 is 5.93. The minimum atomic E-state index is -0.541. The maximum atomic E-state index is 12.7. The molecule has 5 rings (SSSR count). The van der Waals surface area contributed by atoms with E-state index in [9.17, 15) is 4.79 Å². The van der Waals surface area contributed by atoms with Gasteiger partial charge in [-0.1, -0.05) is 26.8 Å². The van der Waals surface area contributed by atoms with Gasteiger partial charge >= 0.3 is 0 Å². The summed E-state index contributed by atoms with van der Waals surface area (Å²) in [4.78, 5) is 23.8. The number of hydrogen-bond acceptors (Lipinski definition) is 5. The summed E-state index contributed by atoms with van der Waals surface area (Å²) in [5, 5.41) is 7.07. The highest BCUT2D eigenvalue weighted by Crippen LogP contribution is 2.44. The fraction of sp³-hybridized carbons (Fsp3) is 0.267. The highest BCUT2D eigenvalue weighted by Gasteiger charge is 2.42. The Morgan fingerprint density at radius 3 is 2.54 bits per heavy atom. The summed E-state index contributed by atoms with van der Waals surface area (Å²) in [5.41, 5.74) is 4.85. The third-order valence-electron chi connectivity index (χ3n) is 6.80. The number of thiocarbonyl (C=S) groups is 1. The summed E-state index contributed by atoms with van der Waals surface area (Å²) in [6.45, 7) is 7.70. The molecule has 200 valence electrons. The molecule has 1 aliphatic rings. The summed E-state index contributed by atoms with van der Waals surface area (Å²) in [5.74, 6) is 0.455. The summed E-state index contributed by atoms with van der Waals surface area (Å²) in [6, 6.07) is 19.4. The van der Waals surface area contributed by atoms with Gasteiger partial charge in [-0.2, -0.15) is 0 Å². The number of carbonyl (C=O) groups excluding carboxylic acids is 1. The molecule has 0 radical (unpaired) electrons. The molecule has 2 unspecified atom stereocenters. The van der Waals surface area contributed by atoms with Gasteiger partial charge < -0.3 is 24.8 Å². The molecule has 1 amide bonds. The van der Waals surface area contributed by atoms with Gasteiger partial charge in [0, 0.05) is 41.0 Å². The van der Waals surface area contributed by atoms with E-state index in [1.54, 1.807) is 19.5 Å². The lowest BCUT2D eigenvalue weighted by molar-refractivity contribution is -0.123. The Labute approximate surface area is 234 Å². The molecule has 2 N–H and O–H groups in total. The van der Waals surface area contributed by atoms with E-state index in [0.29, 0.717) is 16.5 Å². The van der Waals surface area contributed by atoms with Crippen molar-refractivity contribution < 1.29 is 9.53 Å². The van der Waals surface area contributed by atoms with Crippen LogP contribution in [0.4, 0.5) is 11.4 Å². The Morgan fingerprint density at radius 1 is 1.05 bits per heavy atom. The first-order chi connectivity index (χ1) is 18.7. The van der Waals surface area contributed by atoms with Crippen LogP contribution in [-0.4, -0.2) is 32.7 Å². The monoisotopic (exact) mass is 540 g/mol. The molecule has 4 aromatic rings. The predicted molar refractivity (Wildman–Crippen MR) is 157 cm³/mol. The maximum absolute atomic E-state index is 12.7. The summed E-state index contributed by atoms with van der Waals surface area (Å²) in [6.07, 6.45) is 5.41. The third kappa shape index (κ3) is 5.09. The second kappa shape index (κ2) is 10.5. The fourth-order valence-corrected chi connectivity index (χ4v) is 5.15. The van der Waals surface area contributed by atoms with Crippen molar-refractivity contribution in [1.29, 1.82) is 0 Å². The van der Waals surface area contributed by atoms with Gasteiger partial charge in [-0.25, -0.2) is 0 Å². The molecule has 0 saturated carbocycles. The number of anilines is 2. The van der Waals surface area contributed by atoms with Gasteiger partial charge in [0.15, 0.2) is 5.11 Å². The number of aryl methyl sites for hydroxylation is 1. The number of pyridine rings is 2. The Kier molecular flexibility index (Phi) is 7.10. The van der Waals surface area contributed by atoms with Crippen LogP contribution in [0, 0.1) is 12.3 Å². The smallest absolute Gasteiger partial charge is 0.229 e. The van der Waals surface area contributed by atoms with E-state index in [1.165, 1.54) is 0 Å². The third-order valence-corrected chi connectivity index (χ3v) is 7.12. The largest absolute Gasteiger partial charge is 0.494 e. The van der Waals surface area contributed by atoms with Crippen LogP contribution in [0.3, 0.4) is 0 Å². The molecule has 1 aliphatic heterocycles. The zero-order valence-corrected chi connectivity index (χ0v) is 23.5. The van der Waals surface area contributed by atoms with Crippen molar-refractivity contribution in [1.82, 2.24) is 19.9 Å². The normalized spacial score (nSPS) is 17.2. The molecule has 2 atom stereocenters. The van der Waals surface area contributed by atoms with Gasteiger partial charge in [-0.3, -0.25) is 14.8 Å². The lowest BCUT2D eigenvalue weighted by Crippen LogP contribution is -2.30. The topological polar surface area (TPSA) is 84.3 Å². The van der Waals surface area contributed by atoms with Crippen LogP contribution in [-0.2, 0) is 4.79 Å². The first-order valence-corrected chi connectivity index (χ1v) is 13.2. The number of aromatic nitrogens is 3. The molecule has 0 bridgehead atoms. The molecule has 0 aliphatic carbocycles. The van der Waals surface area contributed by atoms with E-state index in [4.69, 9.17) is 17.0 Å². The SMILES string of the molecule is COc1cc(N2C(=S)NC(c3ccccn3)C2c2ccc(C)n2-c2cccnc2)ccc1NC(=O)C(C)(C)C. The van der Waals surface area contributed by atoms with Crippen LogP contribution in [0.1, 0.15) is 49.9 Å². The number of carbonyl (C=O) groups is 1. The van der Waals surface area contributed by atoms with Crippen LogP contribution in [0.2, 0.25) is 0 Å². The Balaban J connectivity index is 1.63. The molecule has 39 heavy (non-hydrogen) atoms. The number of benzene rings is 1. The van der Waals surface area contributed by atoms with Crippen LogP contribution in [0.5, 0.6) is 5.75 Å². The first-order valence-electron chi connectivity index (χ1n) is 12.8. The first kappa shape index (κ1) is 26.4. The second-order valence-corrected chi connectivity index (χ2v) is 10.9. The van der Waals surface area contributed by atoms with Gasteiger partial charge in [0.05, 0.1) is 36.4 Å². The number of rotatable bonds is 6. The quantitative estimate of drug-likeness (QED) is 0.302. The Morgan fingerprint density at radius 2 is 1.87 bits per heavy atom. The van der Waals surface area contributed by atoms with E-state index in [-0.39, 0.29) is 18.0 Å². The minimum absolute atomic E-state index is 0.0928. The van der Waals surface area contributed by atoms with Gasteiger partial charge in [0.25, 0.3) is 0 Å². The maximum Gasteiger partial charge on any atom is 0.229 e. The standard InChI is InChI=1S/C30H32N6O2S/c1-19-11-14-24(35(19)21-9-8-15-31-18-21)27-26(23-10-6-7-16-32-23)34-29(39)36(27)20-12-13-22(25(17-20)38-5)33-28(37)30(2,3)4/h6-18,26-27H,1-5H3,(H,33,37)(H,34,39). The number of nitrogens with one attached hydrogen (secondary N) is 2. The molecular formula is C30H32N6O2S. The number of ether oxygens (including phenoxy) is 1. The second-order valence-electron chi connectivity index (χ2n) is 10.5. The molecule has 1 fully saturated rings. The average molecular weight is 541 g/mol. The zero-order valence-electron chi connectivity index (χ0n) is 22.7. The minimum Gasteiger partial charge on any atom is -0.494 e. The van der Waals surface area contributed by atoms with Gasteiger partial charge in [-0.15, -0.1) is 0 Å². The van der Waals surface area contributed by atoms with Crippen LogP contribution in [0.25, 0.3) is 5.69 Å². The van der Waals surface area contributed by atoms with Gasteiger partial charge in [0.2, 0.25) is 5.91 Å². The lowest BCUT2D eigenvalue weighted by Gasteiger charge is -2.30. The average Bonchev–Trinajstić information content (AvgIpc) is 3.48. The number of hydrogen-bond donors (Lipinski definition) is 2. The summed E-state index contributed by atoms with van der Waals surface area (Å²) in [7, 11) is 1.59. The molecule has 8 nitrogen and oxygen atoms in total.